The van der Waals surface area contributed by atoms with Gasteiger partial charge in [-0.3, -0.25) is 9.69 Å². The molecule has 6 nitrogen and oxygen atoms in total. The predicted molar refractivity (Wildman–Crippen MR) is 106 cm³/mol. The van der Waals surface area contributed by atoms with Gasteiger partial charge in [0, 0.05) is 11.7 Å². The Balaban J connectivity index is 2.03. The van der Waals surface area contributed by atoms with Crippen molar-refractivity contribution in [2.45, 2.75) is 40.4 Å². The minimum Gasteiger partial charge on any atom is -0.353 e. The number of carbonyl (C=O) groups excluding carboxylic acids is 1. The van der Waals surface area contributed by atoms with Gasteiger partial charge in [-0.2, -0.15) is 0 Å². The number of nitrogens with one attached hydrogen (secondary N) is 2. The Morgan fingerprint density at radius 2 is 2.12 bits per heavy atom. The number of amides is 1. The summed E-state index contributed by atoms with van der Waals surface area (Å²) in [5.41, 5.74) is 3.45. The number of hydrogen-bond donors (Lipinski definition) is 2. The third-order valence-corrected chi connectivity index (χ3v) is 4.91. The van der Waals surface area contributed by atoms with Crippen LogP contribution in [0.25, 0.3) is 0 Å². The Morgan fingerprint density at radius 3 is 2.80 bits per heavy atom. The highest BCUT2D eigenvalue weighted by atomic mass is 32.1. The van der Waals surface area contributed by atoms with Gasteiger partial charge < -0.3 is 10.6 Å². The quantitative estimate of drug-likeness (QED) is 0.722. The second-order valence-corrected chi connectivity index (χ2v) is 8.05. The van der Waals surface area contributed by atoms with Gasteiger partial charge in [0.05, 0.1) is 13.2 Å². The number of carbonyl (C=O) groups is 1. The van der Waals surface area contributed by atoms with Crippen molar-refractivity contribution in [2.75, 3.05) is 18.9 Å². The minimum atomic E-state index is -0.00650. The van der Waals surface area contributed by atoms with E-state index < -0.39 is 0 Å². The zero-order valence-electron chi connectivity index (χ0n) is 15.3. The van der Waals surface area contributed by atoms with E-state index in [4.69, 9.17) is 12.2 Å². The first-order chi connectivity index (χ1) is 11.8. The summed E-state index contributed by atoms with van der Waals surface area (Å²) in [6, 6.07) is 6.26. The average Bonchev–Trinajstić information content (AvgIpc) is 2.82. The van der Waals surface area contributed by atoms with Gasteiger partial charge in [0.1, 0.15) is 0 Å². The Labute approximate surface area is 157 Å². The lowest BCUT2D eigenvalue weighted by molar-refractivity contribution is -0.122. The van der Waals surface area contributed by atoms with Crippen molar-refractivity contribution in [3.8, 4) is 0 Å². The van der Waals surface area contributed by atoms with Gasteiger partial charge in [0.2, 0.25) is 11.0 Å². The second kappa shape index (κ2) is 8.55. The molecule has 0 aliphatic carbocycles. The normalized spacial score (nSPS) is 11.2. The molecule has 2 aromatic rings. The molecule has 0 unspecified atom stereocenters. The first kappa shape index (κ1) is 19.6. The summed E-state index contributed by atoms with van der Waals surface area (Å²) in [4.78, 5) is 13.7. The minimum absolute atomic E-state index is 0.00650. The molecule has 1 amide bonds. The van der Waals surface area contributed by atoms with Crippen LogP contribution in [0.2, 0.25) is 0 Å². The Bertz CT molecular complexity index is 797. The molecule has 0 saturated carbocycles. The van der Waals surface area contributed by atoms with Crippen molar-refractivity contribution in [2.24, 2.45) is 0 Å². The fourth-order valence-corrected chi connectivity index (χ4v) is 3.34. The van der Waals surface area contributed by atoms with Crippen LogP contribution in [0.15, 0.2) is 18.2 Å². The monoisotopic (exact) mass is 379 g/mol. The zero-order chi connectivity index (χ0) is 18.6. The second-order valence-electron chi connectivity index (χ2n) is 6.42. The maximum atomic E-state index is 11.8. The predicted octanol–water partition coefficient (Wildman–Crippen LogP) is 3.45. The van der Waals surface area contributed by atoms with E-state index >= 15 is 0 Å². The van der Waals surface area contributed by atoms with Gasteiger partial charge in [-0.15, -0.1) is 5.10 Å². The lowest BCUT2D eigenvalue weighted by atomic mass is 10.1. The molecule has 0 aliphatic heterocycles. The fraction of sp³-hybridized carbons (Fsp3) is 0.471. The molecule has 136 valence electrons. The van der Waals surface area contributed by atoms with Crippen LogP contribution in [0.4, 0.5) is 10.8 Å². The van der Waals surface area contributed by atoms with Crippen LogP contribution in [0.1, 0.15) is 25.0 Å². The zero-order valence-corrected chi connectivity index (χ0v) is 16.9. The summed E-state index contributed by atoms with van der Waals surface area (Å²) in [6.07, 6.45) is 0. The van der Waals surface area contributed by atoms with E-state index in [1.165, 1.54) is 22.5 Å². The Morgan fingerprint density at radius 1 is 1.40 bits per heavy atom. The molecule has 1 heterocycles. The number of anilines is 2. The topological polar surface area (TPSA) is 62.2 Å². The summed E-state index contributed by atoms with van der Waals surface area (Å²) in [5, 5.41) is 11.5. The van der Waals surface area contributed by atoms with Crippen molar-refractivity contribution in [3.63, 3.8) is 0 Å². The first-order valence-electron chi connectivity index (χ1n) is 8.15. The van der Waals surface area contributed by atoms with E-state index in [1.807, 2.05) is 37.9 Å². The number of benzene rings is 1. The van der Waals surface area contributed by atoms with E-state index in [9.17, 15) is 4.79 Å². The standard InChI is InChI=1S/C17H25N5OS2/c1-11(2)18-15(23)9-21(5)10-22-17(24)25-16(20-22)19-14-8-6-7-12(3)13(14)4/h6-8,11H,9-10H2,1-5H3,(H,18,23)(H,19,20). The molecular weight excluding hydrogens is 354 g/mol. The number of aromatic nitrogens is 2. The molecule has 0 saturated heterocycles. The van der Waals surface area contributed by atoms with Crippen LogP contribution in [0.5, 0.6) is 0 Å². The number of aryl methyl sites for hydroxylation is 1. The molecule has 0 bridgehead atoms. The molecule has 25 heavy (non-hydrogen) atoms. The molecule has 0 aliphatic rings. The largest absolute Gasteiger partial charge is 0.353 e. The molecular formula is C17H25N5OS2. The fourth-order valence-electron chi connectivity index (χ4n) is 2.34. The summed E-state index contributed by atoms with van der Waals surface area (Å²) in [7, 11) is 1.87. The van der Waals surface area contributed by atoms with Crippen LogP contribution < -0.4 is 10.6 Å². The van der Waals surface area contributed by atoms with Crippen LogP contribution >= 0.6 is 23.6 Å². The summed E-state index contributed by atoms with van der Waals surface area (Å²) >= 11 is 6.83. The van der Waals surface area contributed by atoms with Gasteiger partial charge >= 0.3 is 0 Å². The Kier molecular flexibility index (Phi) is 6.69. The van der Waals surface area contributed by atoms with Crippen molar-refractivity contribution in [3.05, 3.63) is 33.3 Å². The lowest BCUT2D eigenvalue weighted by Crippen LogP contribution is -2.39. The van der Waals surface area contributed by atoms with Crippen LogP contribution in [-0.4, -0.2) is 40.2 Å². The molecule has 0 radical (unpaired) electrons. The van der Waals surface area contributed by atoms with Crippen LogP contribution in [0.3, 0.4) is 0 Å². The number of likely N-dealkylation sites (N-methyl/N-ethyl adjacent to an activating group) is 1. The van der Waals surface area contributed by atoms with E-state index in [2.05, 4.69) is 35.6 Å². The van der Waals surface area contributed by atoms with Gasteiger partial charge in [-0.05, 0) is 64.2 Å². The van der Waals surface area contributed by atoms with E-state index in [0.717, 1.165) is 10.8 Å². The van der Waals surface area contributed by atoms with E-state index in [1.54, 1.807) is 4.68 Å². The van der Waals surface area contributed by atoms with Gasteiger partial charge in [0.15, 0.2) is 3.95 Å². The summed E-state index contributed by atoms with van der Waals surface area (Å²) in [5.74, 6) is -0.00650. The number of hydrogen-bond acceptors (Lipinski definition) is 6. The third kappa shape index (κ3) is 5.62. The van der Waals surface area contributed by atoms with Gasteiger partial charge in [0.25, 0.3) is 0 Å². The highest BCUT2D eigenvalue weighted by Crippen LogP contribution is 2.24. The molecule has 2 rings (SSSR count). The third-order valence-electron chi connectivity index (χ3n) is 3.69. The summed E-state index contributed by atoms with van der Waals surface area (Å²) < 4.78 is 2.40. The maximum Gasteiger partial charge on any atom is 0.234 e. The summed E-state index contributed by atoms with van der Waals surface area (Å²) in [6.45, 7) is 8.82. The van der Waals surface area contributed by atoms with Crippen molar-refractivity contribution < 1.29 is 4.79 Å². The molecule has 1 aromatic heterocycles. The molecule has 1 aromatic carbocycles. The van der Waals surface area contributed by atoms with Gasteiger partial charge in [-0.25, -0.2) is 4.68 Å². The first-order valence-corrected chi connectivity index (χ1v) is 9.38. The average molecular weight is 380 g/mol. The highest BCUT2D eigenvalue weighted by molar-refractivity contribution is 7.73. The van der Waals surface area contributed by atoms with Crippen molar-refractivity contribution >= 4 is 40.3 Å². The van der Waals surface area contributed by atoms with Gasteiger partial charge in [-0.1, -0.05) is 23.5 Å². The van der Waals surface area contributed by atoms with Crippen LogP contribution in [0, 0.1) is 17.8 Å². The number of rotatable bonds is 7. The molecule has 0 spiro atoms. The molecule has 0 fully saturated rings. The maximum absolute atomic E-state index is 11.8. The van der Waals surface area contributed by atoms with Crippen LogP contribution in [-0.2, 0) is 11.5 Å². The van der Waals surface area contributed by atoms with E-state index in [-0.39, 0.29) is 11.9 Å². The molecule has 0 atom stereocenters. The smallest absolute Gasteiger partial charge is 0.234 e. The van der Waals surface area contributed by atoms with Crippen molar-refractivity contribution in [1.29, 1.82) is 0 Å². The SMILES string of the molecule is Cc1cccc(Nc2nn(CN(C)CC(=O)NC(C)C)c(=S)s2)c1C. The lowest BCUT2D eigenvalue weighted by Gasteiger charge is -2.17. The molecule has 8 heteroatoms. The molecule has 2 N–H and O–H groups in total. The Hall–Kier alpha value is -1.77. The number of nitrogens with zero attached hydrogens (tertiary/aromatic N) is 3. The van der Waals surface area contributed by atoms with Crippen molar-refractivity contribution in [1.82, 2.24) is 20.0 Å². The highest BCUT2D eigenvalue weighted by Gasteiger charge is 2.11. The van der Waals surface area contributed by atoms with E-state index in [0.29, 0.717) is 17.2 Å².